The van der Waals surface area contributed by atoms with Crippen LogP contribution in [0.1, 0.15) is 42.5 Å². The summed E-state index contributed by atoms with van der Waals surface area (Å²) < 4.78 is 24.8. The molecule has 1 heterocycles. The van der Waals surface area contributed by atoms with Crippen LogP contribution in [0.4, 0.5) is 10.1 Å². The minimum absolute atomic E-state index is 0.0127. The molecule has 3 atom stereocenters. The average Bonchev–Trinajstić information content (AvgIpc) is 3.27. The second-order valence-corrected chi connectivity index (χ2v) is 11.6. The SMILES string of the molecule is O=C1CC(CCC(O)c2ccc(F)cc2)C(c2ccc(-c3ccc(P(=O)(O)O)cc3)cc2O)N1c1ccccc1. The van der Waals surface area contributed by atoms with Gasteiger partial charge in [0.2, 0.25) is 5.91 Å². The number of para-hydroxylation sites is 1. The third kappa shape index (κ3) is 5.86. The number of aromatic hydroxyl groups is 1. The topological polar surface area (TPSA) is 118 Å². The van der Waals surface area contributed by atoms with Crippen LogP contribution in [0.3, 0.4) is 0 Å². The summed E-state index contributed by atoms with van der Waals surface area (Å²) >= 11 is 0. The number of nitrogens with zero attached hydrogens (tertiary/aromatic N) is 1. The molecular formula is C31H29FNO6P. The molecule has 5 rings (SSSR count). The fraction of sp³-hybridized carbons (Fsp3) is 0.194. The van der Waals surface area contributed by atoms with Gasteiger partial charge in [0.05, 0.1) is 17.5 Å². The molecule has 0 spiro atoms. The monoisotopic (exact) mass is 561 g/mol. The van der Waals surface area contributed by atoms with Crippen LogP contribution in [0, 0.1) is 11.7 Å². The summed E-state index contributed by atoms with van der Waals surface area (Å²) in [5.74, 6) is -0.690. The third-order valence-electron chi connectivity index (χ3n) is 7.42. The lowest BCUT2D eigenvalue weighted by atomic mass is 9.86. The van der Waals surface area contributed by atoms with E-state index in [0.717, 1.165) is 0 Å². The maximum Gasteiger partial charge on any atom is 0.356 e. The molecule has 0 aromatic heterocycles. The molecule has 4 aromatic carbocycles. The fourth-order valence-corrected chi connectivity index (χ4v) is 5.93. The first-order chi connectivity index (χ1) is 19.1. The Morgan fingerprint density at radius 1 is 0.900 bits per heavy atom. The Balaban J connectivity index is 1.45. The molecule has 4 N–H and O–H groups in total. The van der Waals surface area contributed by atoms with Gasteiger partial charge in [-0.2, -0.15) is 0 Å². The first kappa shape index (κ1) is 27.7. The Morgan fingerprint density at radius 2 is 1.55 bits per heavy atom. The molecule has 4 aromatic rings. The Morgan fingerprint density at radius 3 is 2.17 bits per heavy atom. The van der Waals surface area contributed by atoms with Gasteiger partial charge in [0.25, 0.3) is 0 Å². The minimum atomic E-state index is -4.37. The van der Waals surface area contributed by atoms with Crippen LogP contribution in [-0.4, -0.2) is 25.9 Å². The van der Waals surface area contributed by atoms with Crippen LogP contribution in [-0.2, 0) is 9.36 Å². The van der Waals surface area contributed by atoms with Crippen molar-refractivity contribution >= 4 is 24.5 Å². The second-order valence-electron chi connectivity index (χ2n) is 10.0. The molecule has 40 heavy (non-hydrogen) atoms. The van der Waals surface area contributed by atoms with E-state index in [1.54, 1.807) is 47.4 Å². The maximum atomic E-state index is 13.3. The van der Waals surface area contributed by atoms with Gasteiger partial charge in [0.15, 0.2) is 0 Å². The van der Waals surface area contributed by atoms with E-state index in [1.165, 1.54) is 24.3 Å². The average molecular weight is 562 g/mol. The van der Waals surface area contributed by atoms with E-state index in [0.29, 0.717) is 40.8 Å². The Hall–Kier alpha value is -3.81. The van der Waals surface area contributed by atoms with Gasteiger partial charge in [-0.05, 0) is 77.9 Å². The quantitative estimate of drug-likeness (QED) is 0.208. The summed E-state index contributed by atoms with van der Waals surface area (Å²) in [5.41, 5.74) is 3.18. The number of anilines is 1. The molecule has 1 aliphatic heterocycles. The van der Waals surface area contributed by atoms with Gasteiger partial charge in [-0.1, -0.05) is 54.6 Å². The number of aliphatic hydroxyl groups is 1. The lowest BCUT2D eigenvalue weighted by molar-refractivity contribution is -0.117. The molecule has 3 unspecified atom stereocenters. The van der Waals surface area contributed by atoms with Crippen LogP contribution in [0.15, 0.2) is 97.1 Å². The lowest BCUT2D eigenvalue weighted by Crippen LogP contribution is -2.29. The highest BCUT2D eigenvalue weighted by Gasteiger charge is 2.42. The van der Waals surface area contributed by atoms with Crippen LogP contribution in [0.2, 0.25) is 0 Å². The minimum Gasteiger partial charge on any atom is -0.508 e. The van der Waals surface area contributed by atoms with Crippen LogP contribution >= 0.6 is 7.60 Å². The van der Waals surface area contributed by atoms with Gasteiger partial charge in [-0.15, -0.1) is 0 Å². The number of rotatable bonds is 8. The van der Waals surface area contributed by atoms with Gasteiger partial charge < -0.3 is 24.9 Å². The Bertz CT molecular complexity index is 1540. The molecule has 1 saturated heterocycles. The molecule has 0 aliphatic carbocycles. The van der Waals surface area contributed by atoms with E-state index in [9.17, 15) is 33.7 Å². The molecule has 1 fully saturated rings. The van der Waals surface area contributed by atoms with Crippen molar-refractivity contribution in [3.63, 3.8) is 0 Å². The van der Waals surface area contributed by atoms with E-state index < -0.39 is 19.7 Å². The summed E-state index contributed by atoms with van der Waals surface area (Å²) in [6.45, 7) is 0. The van der Waals surface area contributed by atoms with Crippen molar-refractivity contribution in [3.05, 3.63) is 114 Å². The van der Waals surface area contributed by atoms with Crippen molar-refractivity contribution < 1.29 is 33.7 Å². The number of carbonyl (C=O) groups is 1. The molecule has 0 bridgehead atoms. The van der Waals surface area contributed by atoms with Gasteiger partial charge in [-0.3, -0.25) is 9.36 Å². The second kappa shape index (κ2) is 11.4. The van der Waals surface area contributed by atoms with Crippen LogP contribution in [0.25, 0.3) is 11.1 Å². The Kier molecular flexibility index (Phi) is 7.88. The zero-order valence-electron chi connectivity index (χ0n) is 21.5. The van der Waals surface area contributed by atoms with Crippen molar-refractivity contribution in [3.8, 4) is 16.9 Å². The van der Waals surface area contributed by atoms with Crippen molar-refractivity contribution in [1.82, 2.24) is 0 Å². The van der Waals surface area contributed by atoms with Gasteiger partial charge >= 0.3 is 7.60 Å². The molecule has 7 nitrogen and oxygen atoms in total. The van der Waals surface area contributed by atoms with Crippen molar-refractivity contribution in [1.29, 1.82) is 0 Å². The molecule has 1 aliphatic rings. The van der Waals surface area contributed by atoms with Crippen LogP contribution < -0.4 is 10.2 Å². The van der Waals surface area contributed by atoms with E-state index in [1.807, 2.05) is 30.3 Å². The number of halogens is 1. The lowest BCUT2D eigenvalue weighted by Gasteiger charge is -2.30. The smallest absolute Gasteiger partial charge is 0.356 e. The van der Waals surface area contributed by atoms with Crippen molar-refractivity contribution in [2.24, 2.45) is 5.92 Å². The molecule has 1 amide bonds. The molecular weight excluding hydrogens is 532 g/mol. The number of hydrogen-bond donors (Lipinski definition) is 4. The van der Waals surface area contributed by atoms with E-state index in [4.69, 9.17) is 0 Å². The molecule has 0 saturated carbocycles. The first-order valence-electron chi connectivity index (χ1n) is 12.9. The maximum absolute atomic E-state index is 13.3. The normalized spacial score (nSPS) is 18.2. The molecule has 206 valence electrons. The predicted octanol–water partition coefficient (Wildman–Crippen LogP) is 5.61. The number of aliphatic hydroxyl groups excluding tert-OH is 1. The van der Waals surface area contributed by atoms with E-state index in [-0.39, 0.29) is 35.1 Å². The van der Waals surface area contributed by atoms with Crippen LogP contribution in [0.5, 0.6) is 5.75 Å². The summed E-state index contributed by atoms with van der Waals surface area (Å²) in [6, 6.07) is 25.5. The van der Waals surface area contributed by atoms with Gasteiger partial charge in [0, 0.05) is 17.7 Å². The number of carbonyl (C=O) groups excluding carboxylic acids is 1. The van der Waals surface area contributed by atoms with Crippen molar-refractivity contribution in [2.75, 3.05) is 4.90 Å². The number of amides is 1. The van der Waals surface area contributed by atoms with Gasteiger partial charge in [0.1, 0.15) is 11.6 Å². The Labute approximate surface area is 231 Å². The summed E-state index contributed by atoms with van der Waals surface area (Å²) in [4.78, 5) is 33.8. The third-order valence-corrected chi connectivity index (χ3v) is 8.39. The zero-order valence-corrected chi connectivity index (χ0v) is 22.4. The summed E-state index contributed by atoms with van der Waals surface area (Å²) in [5, 5.41) is 21.9. The van der Waals surface area contributed by atoms with E-state index in [2.05, 4.69) is 0 Å². The molecule has 0 radical (unpaired) electrons. The number of phenolic OH excluding ortho intramolecular Hbond substituents is 1. The molecule has 9 heteroatoms. The standard InChI is InChI=1S/C31H29FNO6P/c32-24-12-6-21(7-13-24)28(34)17-11-23-19-30(36)33(25-4-2-1-3-5-25)31(23)27-16-10-22(18-29(27)35)20-8-14-26(15-9-20)40(37,38)39/h1-10,12-16,18,23,28,31,34-35H,11,17,19H2,(H2,37,38,39). The predicted molar refractivity (Wildman–Crippen MR) is 151 cm³/mol. The summed E-state index contributed by atoms with van der Waals surface area (Å²) in [6.07, 6.45) is 0.256. The van der Waals surface area contributed by atoms with E-state index >= 15 is 0 Å². The number of hydrogen-bond acceptors (Lipinski definition) is 4. The fourth-order valence-electron chi connectivity index (χ4n) is 5.39. The highest BCUT2D eigenvalue weighted by Crippen LogP contribution is 2.47. The highest BCUT2D eigenvalue weighted by molar-refractivity contribution is 7.60. The number of benzene rings is 4. The zero-order chi connectivity index (χ0) is 28.4. The number of phenols is 1. The van der Waals surface area contributed by atoms with Crippen molar-refractivity contribution in [2.45, 2.75) is 31.4 Å². The first-order valence-corrected chi connectivity index (χ1v) is 14.5. The van der Waals surface area contributed by atoms with Gasteiger partial charge in [-0.25, -0.2) is 4.39 Å². The summed E-state index contributed by atoms with van der Waals surface area (Å²) in [7, 11) is -4.37. The highest BCUT2D eigenvalue weighted by atomic mass is 31.2. The largest absolute Gasteiger partial charge is 0.508 e.